The molecule has 3 nitrogen and oxygen atoms in total. The third-order valence-electron chi connectivity index (χ3n) is 3.71. The van der Waals surface area contributed by atoms with Crippen LogP contribution in [0.4, 0.5) is 0 Å². The number of aromatic nitrogens is 1. The molecule has 116 valence electrons. The van der Waals surface area contributed by atoms with Gasteiger partial charge in [-0.15, -0.1) is 0 Å². The molecular formula is C18H28N2O. The summed E-state index contributed by atoms with van der Waals surface area (Å²) in [5, 5.41) is 1.29. The Bertz CT molecular complexity index is 557. The molecule has 0 bridgehead atoms. The Morgan fingerprint density at radius 1 is 1.14 bits per heavy atom. The highest BCUT2D eigenvalue weighted by molar-refractivity contribution is 5.80. The van der Waals surface area contributed by atoms with E-state index in [-0.39, 0.29) is 6.04 Å². The van der Waals surface area contributed by atoms with Gasteiger partial charge in [-0.2, -0.15) is 0 Å². The summed E-state index contributed by atoms with van der Waals surface area (Å²) in [5.41, 5.74) is 8.45. The molecule has 1 unspecified atom stereocenters. The number of hydrogen-bond acceptors (Lipinski definition) is 2. The van der Waals surface area contributed by atoms with Crippen molar-refractivity contribution in [2.45, 2.75) is 46.2 Å². The number of benzene rings is 1. The summed E-state index contributed by atoms with van der Waals surface area (Å²) < 4.78 is 7.97. The minimum Gasteiger partial charge on any atom is -0.380 e. The summed E-state index contributed by atoms with van der Waals surface area (Å²) in [4.78, 5) is 0. The van der Waals surface area contributed by atoms with E-state index in [4.69, 9.17) is 10.5 Å². The Balaban J connectivity index is 1.92. The van der Waals surface area contributed by atoms with E-state index >= 15 is 0 Å². The quantitative estimate of drug-likeness (QED) is 0.754. The summed E-state index contributed by atoms with van der Waals surface area (Å²) in [5.74, 6) is 0.709. The second-order valence-corrected chi connectivity index (χ2v) is 6.38. The zero-order chi connectivity index (χ0) is 15.2. The number of fused-ring (bicyclic) bond motifs is 1. The van der Waals surface area contributed by atoms with Crippen molar-refractivity contribution in [2.24, 2.45) is 11.7 Å². The van der Waals surface area contributed by atoms with Crippen molar-refractivity contribution in [1.82, 2.24) is 4.57 Å². The fourth-order valence-electron chi connectivity index (χ4n) is 2.53. The Morgan fingerprint density at radius 2 is 1.95 bits per heavy atom. The van der Waals surface area contributed by atoms with Gasteiger partial charge in [-0.25, -0.2) is 0 Å². The van der Waals surface area contributed by atoms with Gasteiger partial charge in [0.2, 0.25) is 0 Å². The van der Waals surface area contributed by atoms with Gasteiger partial charge in [0.15, 0.2) is 0 Å². The average molecular weight is 288 g/mol. The third-order valence-corrected chi connectivity index (χ3v) is 3.71. The first-order chi connectivity index (χ1) is 10.1. The zero-order valence-corrected chi connectivity index (χ0v) is 13.5. The summed E-state index contributed by atoms with van der Waals surface area (Å²) >= 11 is 0. The molecule has 0 amide bonds. The molecule has 0 aliphatic heterocycles. The standard InChI is InChI=1S/C18H28N2O/c1-14(2)7-10-21-11-9-20-8-6-17-13-16(12-15(3)19)4-5-18(17)20/h4-6,8,13-15H,7,9-12,19H2,1-3H3. The highest BCUT2D eigenvalue weighted by Crippen LogP contribution is 2.18. The van der Waals surface area contributed by atoms with Crippen LogP contribution in [0.15, 0.2) is 30.5 Å². The molecule has 2 N–H and O–H groups in total. The number of nitrogens with zero attached hydrogens (tertiary/aromatic N) is 1. The van der Waals surface area contributed by atoms with Gasteiger partial charge in [0, 0.05) is 30.9 Å². The normalized spacial score (nSPS) is 13.2. The topological polar surface area (TPSA) is 40.2 Å². The van der Waals surface area contributed by atoms with Crippen molar-refractivity contribution in [3.8, 4) is 0 Å². The van der Waals surface area contributed by atoms with Crippen LogP contribution < -0.4 is 5.73 Å². The maximum atomic E-state index is 5.87. The van der Waals surface area contributed by atoms with Gasteiger partial charge in [0.1, 0.15) is 0 Å². The largest absolute Gasteiger partial charge is 0.380 e. The Kier molecular flexibility index (Phi) is 5.83. The van der Waals surface area contributed by atoms with Crippen LogP contribution in [-0.2, 0) is 17.7 Å². The van der Waals surface area contributed by atoms with Crippen LogP contribution >= 0.6 is 0 Å². The van der Waals surface area contributed by atoms with Gasteiger partial charge < -0.3 is 15.0 Å². The van der Waals surface area contributed by atoms with E-state index in [1.54, 1.807) is 0 Å². The van der Waals surface area contributed by atoms with Gasteiger partial charge in [-0.05, 0) is 54.8 Å². The van der Waals surface area contributed by atoms with E-state index in [1.165, 1.54) is 16.5 Å². The summed E-state index contributed by atoms with van der Waals surface area (Å²) in [7, 11) is 0. The third kappa shape index (κ3) is 4.87. The van der Waals surface area contributed by atoms with E-state index in [2.05, 4.69) is 48.9 Å². The Hall–Kier alpha value is -1.32. The SMILES string of the molecule is CC(C)CCOCCn1ccc2cc(CC(C)N)ccc21. The predicted octanol–water partition coefficient (Wildman–Crippen LogP) is 3.59. The molecule has 0 saturated heterocycles. The highest BCUT2D eigenvalue weighted by atomic mass is 16.5. The molecule has 0 radical (unpaired) electrons. The van der Waals surface area contributed by atoms with Crippen LogP contribution in [0.3, 0.4) is 0 Å². The Labute approximate surface area is 128 Å². The second-order valence-electron chi connectivity index (χ2n) is 6.38. The molecule has 3 heteroatoms. The van der Waals surface area contributed by atoms with Gasteiger partial charge in [0.25, 0.3) is 0 Å². The minimum absolute atomic E-state index is 0.207. The molecule has 1 aromatic heterocycles. The maximum Gasteiger partial charge on any atom is 0.0645 e. The van der Waals surface area contributed by atoms with Crippen molar-refractivity contribution in [3.63, 3.8) is 0 Å². The molecule has 21 heavy (non-hydrogen) atoms. The average Bonchev–Trinajstić information content (AvgIpc) is 2.80. The molecule has 2 rings (SSSR count). The first-order valence-corrected chi connectivity index (χ1v) is 7.97. The molecule has 0 fully saturated rings. The number of ether oxygens (including phenoxy) is 1. The highest BCUT2D eigenvalue weighted by Gasteiger charge is 2.04. The molecule has 0 saturated carbocycles. The number of nitrogens with two attached hydrogens (primary N) is 1. The fraction of sp³-hybridized carbons (Fsp3) is 0.556. The van der Waals surface area contributed by atoms with Crippen molar-refractivity contribution < 1.29 is 4.74 Å². The Morgan fingerprint density at radius 3 is 2.67 bits per heavy atom. The van der Waals surface area contributed by atoms with Crippen molar-refractivity contribution in [2.75, 3.05) is 13.2 Å². The van der Waals surface area contributed by atoms with E-state index in [1.807, 2.05) is 6.92 Å². The minimum atomic E-state index is 0.207. The fourth-order valence-corrected chi connectivity index (χ4v) is 2.53. The molecule has 0 aliphatic carbocycles. The lowest BCUT2D eigenvalue weighted by Gasteiger charge is -2.09. The monoisotopic (exact) mass is 288 g/mol. The molecule has 2 aromatic rings. The van der Waals surface area contributed by atoms with Crippen LogP contribution in [0.5, 0.6) is 0 Å². The molecule has 0 aliphatic rings. The van der Waals surface area contributed by atoms with Crippen LogP contribution in [-0.4, -0.2) is 23.8 Å². The first-order valence-electron chi connectivity index (χ1n) is 7.97. The smallest absolute Gasteiger partial charge is 0.0645 e. The van der Waals surface area contributed by atoms with Crippen LogP contribution in [0, 0.1) is 5.92 Å². The summed E-state index contributed by atoms with van der Waals surface area (Å²) in [6.45, 7) is 9.04. The second kappa shape index (κ2) is 7.62. The van der Waals surface area contributed by atoms with Crippen LogP contribution in [0.25, 0.3) is 10.9 Å². The molecule has 1 heterocycles. The lowest BCUT2D eigenvalue weighted by atomic mass is 10.1. The lowest BCUT2D eigenvalue weighted by molar-refractivity contribution is 0.117. The van der Waals surface area contributed by atoms with Gasteiger partial charge in [0.05, 0.1) is 6.61 Å². The summed E-state index contributed by atoms with van der Waals surface area (Å²) in [6.07, 6.45) is 4.21. The summed E-state index contributed by atoms with van der Waals surface area (Å²) in [6, 6.07) is 9.00. The zero-order valence-electron chi connectivity index (χ0n) is 13.5. The van der Waals surface area contributed by atoms with E-state index in [9.17, 15) is 0 Å². The molecular weight excluding hydrogens is 260 g/mol. The van der Waals surface area contributed by atoms with Crippen molar-refractivity contribution in [3.05, 3.63) is 36.0 Å². The number of rotatable bonds is 8. The van der Waals surface area contributed by atoms with E-state index in [0.717, 1.165) is 32.6 Å². The lowest BCUT2D eigenvalue weighted by Crippen LogP contribution is -2.17. The maximum absolute atomic E-state index is 5.87. The number of hydrogen-bond donors (Lipinski definition) is 1. The molecule has 1 atom stereocenters. The molecule has 0 spiro atoms. The van der Waals surface area contributed by atoms with Gasteiger partial charge in [-0.1, -0.05) is 19.9 Å². The van der Waals surface area contributed by atoms with Crippen LogP contribution in [0.2, 0.25) is 0 Å². The first kappa shape index (κ1) is 16.1. The van der Waals surface area contributed by atoms with Gasteiger partial charge in [-0.3, -0.25) is 0 Å². The van der Waals surface area contributed by atoms with Crippen LogP contribution in [0.1, 0.15) is 32.8 Å². The van der Waals surface area contributed by atoms with E-state index in [0.29, 0.717) is 5.92 Å². The van der Waals surface area contributed by atoms with Crippen molar-refractivity contribution >= 4 is 10.9 Å². The predicted molar refractivity (Wildman–Crippen MR) is 89.6 cm³/mol. The molecule has 1 aromatic carbocycles. The van der Waals surface area contributed by atoms with E-state index < -0.39 is 0 Å². The van der Waals surface area contributed by atoms with Crippen molar-refractivity contribution in [1.29, 1.82) is 0 Å². The van der Waals surface area contributed by atoms with Gasteiger partial charge >= 0.3 is 0 Å².